The van der Waals surface area contributed by atoms with E-state index in [1.165, 1.54) is 6.07 Å². The van der Waals surface area contributed by atoms with Crippen LogP contribution in [0.5, 0.6) is 0 Å². The van der Waals surface area contributed by atoms with Crippen molar-refractivity contribution in [2.45, 2.75) is 19.8 Å². The number of nitrogens with zero attached hydrogens (tertiary/aromatic N) is 1. The predicted octanol–water partition coefficient (Wildman–Crippen LogP) is 2.21. The van der Waals surface area contributed by atoms with Crippen LogP contribution in [0, 0.1) is 18.7 Å². The summed E-state index contributed by atoms with van der Waals surface area (Å²) in [7, 11) is 0. The van der Waals surface area contributed by atoms with Gasteiger partial charge in [0.25, 0.3) is 0 Å². The third-order valence-electron chi connectivity index (χ3n) is 3.34. The van der Waals surface area contributed by atoms with Crippen LogP contribution in [0.1, 0.15) is 18.4 Å². The van der Waals surface area contributed by atoms with Crippen molar-refractivity contribution in [3.05, 3.63) is 23.5 Å². The maximum absolute atomic E-state index is 13.5. The number of rotatable bonds is 3. The van der Waals surface area contributed by atoms with Gasteiger partial charge in [0.05, 0.1) is 10.2 Å². The summed E-state index contributed by atoms with van der Waals surface area (Å²) in [4.78, 5) is 27.5. The molecule has 0 aliphatic heterocycles. The van der Waals surface area contributed by atoms with E-state index in [4.69, 9.17) is 0 Å². The van der Waals surface area contributed by atoms with Crippen molar-refractivity contribution in [2.75, 3.05) is 11.9 Å². The molecule has 1 aliphatic rings. The average molecular weight is 307 g/mol. The zero-order valence-corrected chi connectivity index (χ0v) is 12.2. The fourth-order valence-electron chi connectivity index (χ4n) is 1.90. The molecule has 2 N–H and O–H groups in total. The molecule has 1 saturated carbocycles. The van der Waals surface area contributed by atoms with Gasteiger partial charge in [-0.3, -0.25) is 14.9 Å². The molecule has 2 aromatic rings. The van der Waals surface area contributed by atoms with E-state index in [2.05, 4.69) is 15.6 Å². The van der Waals surface area contributed by atoms with E-state index in [1.54, 1.807) is 13.0 Å². The molecule has 2 amide bonds. The van der Waals surface area contributed by atoms with Gasteiger partial charge in [-0.1, -0.05) is 11.3 Å². The molecule has 1 aromatic carbocycles. The van der Waals surface area contributed by atoms with Crippen LogP contribution < -0.4 is 10.6 Å². The van der Waals surface area contributed by atoms with Crippen LogP contribution in [0.3, 0.4) is 0 Å². The second-order valence-electron chi connectivity index (χ2n) is 5.20. The van der Waals surface area contributed by atoms with Crippen LogP contribution in [0.2, 0.25) is 0 Å². The van der Waals surface area contributed by atoms with Crippen LogP contribution in [0.25, 0.3) is 10.2 Å². The predicted molar refractivity (Wildman–Crippen MR) is 78.7 cm³/mol. The van der Waals surface area contributed by atoms with Crippen molar-refractivity contribution in [3.8, 4) is 0 Å². The first-order valence-electron chi connectivity index (χ1n) is 6.69. The van der Waals surface area contributed by atoms with Crippen LogP contribution >= 0.6 is 11.3 Å². The van der Waals surface area contributed by atoms with Gasteiger partial charge in [0, 0.05) is 6.54 Å². The molecule has 0 saturated heterocycles. The number of carbonyl (C=O) groups excluding carboxylic acids is 2. The minimum Gasteiger partial charge on any atom is -0.348 e. The number of hydrogen-bond donors (Lipinski definition) is 2. The highest BCUT2D eigenvalue weighted by molar-refractivity contribution is 7.22. The number of benzene rings is 1. The number of halogens is 1. The number of thiazole rings is 1. The molecule has 1 aromatic heterocycles. The molecule has 1 fully saturated rings. The highest BCUT2D eigenvalue weighted by Crippen LogP contribution is 2.28. The normalized spacial score (nSPS) is 14.2. The van der Waals surface area contributed by atoms with Crippen molar-refractivity contribution in [3.63, 3.8) is 0 Å². The van der Waals surface area contributed by atoms with Crippen molar-refractivity contribution < 1.29 is 14.0 Å². The molecule has 21 heavy (non-hydrogen) atoms. The van der Waals surface area contributed by atoms with E-state index < -0.39 is 11.8 Å². The zero-order chi connectivity index (χ0) is 15.0. The lowest BCUT2D eigenvalue weighted by molar-refractivity contribution is -0.136. The summed E-state index contributed by atoms with van der Waals surface area (Å²) in [6.07, 6.45) is 2.20. The summed E-state index contributed by atoms with van der Waals surface area (Å²) in [6, 6.07) is 3.00. The van der Waals surface area contributed by atoms with Crippen LogP contribution in [-0.2, 0) is 9.59 Å². The number of hydrogen-bond acceptors (Lipinski definition) is 4. The third kappa shape index (κ3) is 3.18. The minimum absolute atomic E-state index is 0.293. The fourth-order valence-corrected chi connectivity index (χ4v) is 2.77. The van der Waals surface area contributed by atoms with Gasteiger partial charge in [0.2, 0.25) is 0 Å². The monoisotopic (exact) mass is 307 g/mol. The summed E-state index contributed by atoms with van der Waals surface area (Å²) >= 11 is 1.14. The SMILES string of the molecule is Cc1cc2nc(NC(=O)C(=O)NCC3CC3)sc2cc1F. The van der Waals surface area contributed by atoms with E-state index in [-0.39, 0.29) is 5.82 Å². The topological polar surface area (TPSA) is 71.1 Å². The van der Waals surface area contributed by atoms with Gasteiger partial charge in [-0.2, -0.15) is 0 Å². The van der Waals surface area contributed by atoms with Gasteiger partial charge in [0.15, 0.2) is 5.13 Å². The molecule has 0 bridgehead atoms. The lowest BCUT2D eigenvalue weighted by Gasteiger charge is -2.02. The summed E-state index contributed by atoms with van der Waals surface area (Å²) in [5.74, 6) is -1.21. The smallest absolute Gasteiger partial charge is 0.315 e. The lowest BCUT2D eigenvalue weighted by atomic mass is 10.2. The van der Waals surface area contributed by atoms with Gasteiger partial charge in [0.1, 0.15) is 5.82 Å². The van der Waals surface area contributed by atoms with Gasteiger partial charge in [-0.25, -0.2) is 9.37 Å². The Bertz CT molecular complexity index is 685. The molecule has 0 unspecified atom stereocenters. The highest BCUT2D eigenvalue weighted by atomic mass is 32.1. The summed E-state index contributed by atoms with van der Waals surface area (Å²) < 4.78 is 14.1. The molecule has 0 spiro atoms. The van der Waals surface area contributed by atoms with E-state index in [0.29, 0.717) is 33.4 Å². The van der Waals surface area contributed by atoms with Crippen molar-refractivity contribution in [2.24, 2.45) is 5.92 Å². The zero-order valence-electron chi connectivity index (χ0n) is 11.4. The highest BCUT2D eigenvalue weighted by Gasteiger charge is 2.23. The number of carbonyl (C=O) groups is 2. The Balaban J connectivity index is 1.68. The Morgan fingerprint density at radius 2 is 2.14 bits per heavy atom. The Morgan fingerprint density at radius 3 is 2.86 bits per heavy atom. The first kappa shape index (κ1) is 13.9. The third-order valence-corrected chi connectivity index (χ3v) is 4.28. The Kier molecular flexibility index (Phi) is 3.59. The van der Waals surface area contributed by atoms with Gasteiger partial charge in [-0.05, 0) is 43.4 Å². The van der Waals surface area contributed by atoms with E-state index in [0.717, 1.165) is 24.2 Å². The fraction of sp³-hybridized carbons (Fsp3) is 0.357. The number of fused-ring (bicyclic) bond motifs is 1. The van der Waals surface area contributed by atoms with Crippen molar-refractivity contribution in [1.82, 2.24) is 10.3 Å². The lowest BCUT2D eigenvalue weighted by Crippen LogP contribution is -2.36. The summed E-state index contributed by atoms with van der Waals surface area (Å²) in [5, 5.41) is 5.32. The quantitative estimate of drug-likeness (QED) is 0.854. The van der Waals surface area contributed by atoms with E-state index in [9.17, 15) is 14.0 Å². The second kappa shape index (κ2) is 5.40. The maximum Gasteiger partial charge on any atom is 0.315 e. The first-order chi connectivity index (χ1) is 10.0. The largest absolute Gasteiger partial charge is 0.348 e. The van der Waals surface area contributed by atoms with Crippen LogP contribution in [-0.4, -0.2) is 23.3 Å². The molecular weight excluding hydrogens is 293 g/mol. The second-order valence-corrected chi connectivity index (χ2v) is 6.23. The molecule has 0 atom stereocenters. The van der Waals surface area contributed by atoms with E-state index >= 15 is 0 Å². The Labute approximate surface area is 124 Å². The number of amides is 2. The summed E-state index contributed by atoms with van der Waals surface area (Å²) in [5.41, 5.74) is 1.10. The van der Waals surface area contributed by atoms with Crippen LogP contribution in [0.4, 0.5) is 9.52 Å². The molecule has 1 aliphatic carbocycles. The molecule has 7 heteroatoms. The number of aryl methyl sites for hydroxylation is 1. The molecule has 110 valence electrons. The number of anilines is 1. The first-order valence-corrected chi connectivity index (χ1v) is 7.50. The molecule has 5 nitrogen and oxygen atoms in total. The molecule has 1 heterocycles. The van der Waals surface area contributed by atoms with Gasteiger partial charge < -0.3 is 5.32 Å². The maximum atomic E-state index is 13.5. The van der Waals surface area contributed by atoms with Gasteiger partial charge in [-0.15, -0.1) is 0 Å². The Hall–Kier alpha value is -2.02. The minimum atomic E-state index is -0.744. The van der Waals surface area contributed by atoms with Crippen LogP contribution in [0.15, 0.2) is 12.1 Å². The molecule has 3 rings (SSSR count). The average Bonchev–Trinajstić information content (AvgIpc) is 3.19. The Morgan fingerprint density at radius 1 is 1.38 bits per heavy atom. The number of aromatic nitrogens is 1. The van der Waals surface area contributed by atoms with Crippen molar-refractivity contribution in [1.29, 1.82) is 0 Å². The van der Waals surface area contributed by atoms with Crippen molar-refractivity contribution >= 4 is 38.5 Å². The summed E-state index contributed by atoms with van der Waals surface area (Å²) in [6.45, 7) is 2.19. The van der Waals surface area contributed by atoms with Gasteiger partial charge >= 0.3 is 11.8 Å². The molecule has 0 radical (unpaired) electrons. The molecular formula is C14H14FN3O2S. The standard InChI is InChI=1S/C14H14FN3O2S/c1-7-4-10-11(5-9(7)15)21-14(17-10)18-13(20)12(19)16-6-8-2-3-8/h4-5,8H,2-3,6H2,1H3,(H,16,19)(H,17,18,20). The number of nitrogens with one attached hydrogen (secondary N) is 2. The van der Waals surface area contributed by atoms with E-state index in [1.807, 2.05) is 0 Å².